The van der Waals surface area contributed by atoms with Crippen LogP contribution in [0.5, 0.6) is 0 Å². The van der Waals surface area contributed by atoms with Crippen LogP contribution in [-0.4, -0.2) is 70.0 Å². The van der Waals surface area contributed by atoms with Crippen molar-refractivity contribution in [2.75, 3.05) is 46.9 Å². The molecule has 1 aliphatic carbocycles. The fourth-order valence-electron chi connectivity index (χ4n) is 5.93. The largest absolute Gasteiger partial charge is 0.453 e. The third-order valence-electron chi connectivity index (χ3n) is 7.78. The van der Waals surface area contributed by atoms with Gasteiger partial charge in [-0.3, -0.25) is 0 Å². The predicted octanol–water partition coefficient (Wildman–Crippen LogP) is 4.61. The van der Waals surface area contributed by atoms with Crippen molar-refractivity contribution in [2.45, 2.75) is 70.4 Å². The number of alkyl carbamates (subject to hydrolysis) is 1. The van der Waals surface area contributed by atoms with E-state index in [0.29, 0.717) is 13.1 Å². The molecule has 8 nitrogen and oxygen atoms in total. The summed E-state index contributed by atoms with van der Waals surface area (Å²) in [5.74, 6) is -0.312. The van der Waals surface area contributed by atoms with E-state index < -0.39 is 6.09 Å². The second kappa shape index (κ2) is 14.5. The maximum absolute atomic E-state index is 14.1. The topological polar surface area (TPSA) is 91.9 Å². The molecule has 1 heterocycles. The fourth-order valence-corrected chi connectivity index (χ4v) is 5.93. The van der Waals surface area contributed by atoms with Crippen LogP contribution in [-0.2, 0) is 9.47 Å². The van der Waals surface area contributed by atoms with Crippen LogP contribution >= 0.6 is 0 Å². The van der Waals surface area contributed by atoms with Crippen molar-refractivity contribution in [3.63, 3.8) is 0 Å². The van der Waals surface area contributed by atoms with Gasteiger partial charge in [-0.25, -0.2) is 14.0 Å². The monoisotopic (exact) mass is 520 g/mol. The van der Waals surface area contributed by atoms with Crippen molar-refractivity contribution in [2.24, 2.45) is 11.3 Å². The maximum Gasteiger partial charge on any atom is 0.406 e. The van der Waals surface area contributed by atoms with Crippen molar-refractivity contribution in [1.82, 2.24) is 20.9 Å². The Morgan fingerprint density at radius 3 is 2.70 bits per heavy atom. The second-order valence-corrected chi connectivity index (χ2v) is 10.9. The van der Waals surface area contributed by atoms with Gasteiger partial charge >= 0.3 is 12.1 Å². The van der Waals surface area contributed by atoms with Crippen molar-refractivity contribution in [3.05, 3.63) is 35.6 Å². The van der Waals surface area contributed by atoms with Gasteiger partial charge in [0.25, 0.3) is 0 Å². The van der Waals surface area contributed by atoms with Crippen LogP contribution in [0.25, 0.3) is 0 Å². The van der Waals surface area contributed by atoms with Gasteiger partial charge in [0.1, 0.15) is 5.82 Å². The van der Waals surface area contributed by atoms with Gasteiger partial charge in [0.05, 0.1) is 19.8 Å². The van der Waals surface area contributed by atoms with Gasteiger partial charge < -0.3 is 30.3 Å². The number of methoxy groups -OCH3 is 1. The van der Waals surface area contributed by atoms with Crippen LogP contribution in [0.3, 0.4) is 0 Å². The first-order valence-electron chi connectivity index (χ1n) is 13.7. The van der Waals surface area contributed by atoms with Crippen molar-refractivity contribution >= 4 is 12.1 Å². The number of piperidine rings is 1. The number of likely N-dealkylation sites (N-methyl/N-ethyl adjacent to an activating group) is 1. The van der Waals surface area contributed by atoms with E-state index in [9.17, 15) is 14.0 Å². The number of urea groups is 1. The third kappa shape index (κ3) is 9.14. The van der Waals surface area contributed by atoms with E-state index >= 15 is 0 Å². The summed E-state index contributed by atoms with van der Waals surface area (Å²) in [4.78, 5) is 26.6. The van der Waals surface area contributed by atoms with E-state index in [1.165, 1.54) is 51.3 Å². The Labute approximate surface area is 221 Å². The Kier molecular flexibility index (Phi) is 11.4. The number of hydrogen-bond acceptors (Lipinski definition) is 5. The summed E-state index contributed by atoms with van der Waals surface area (Å²) in [6, 6.07) is 6.46. The number of carbonyl (C=O) groups is 2. The highest BCUT2D eigenvalue weighted by atomic mass is 19.1. The molecule has 3 amide bonds. The molecule has 1 aromatic carbocycles. The molecular weight excluding hydrogens is 475 g/mol. The van der Waals surface area contributed by atoms with Crippen LogP contribution in [0.1, 0.15) is 70.0 Å². The van der Waals surface area contributed by atoms with E-state index in [2.05, 4.69) is 27.6 Å². The molecule has 3 N–H and O–H groups in total. The number of rotatable bonds is 11. The molecule has 0 aromatic heterocycles. The Morgan fingerprint density at radius 2 is 2.00 bits per heavy atom. The van der Waals surface area contributed by atoms with Crippen LogP contribution in [0.4, 0.5) is 14.0 Å². The summed E-state index contributed by atoms with van der Waals surface area (Å²) in [5.41, 5.74) is 1.01. The Balaban J connectivity index is 1.64. The SMILES string of the molecule is CNC[C@H](CC1(C)CCCCC1)NC(=O)N1CCC[C@@H]([C@@H](OCCNC(=O)OC)c2cccc(F)c2)C1. The molecule has 2 fully saturated rings. The van der Waals surface area contributed by atoms with Gasteiger partial charge in [0, 0.05) is 38.1 Å². The number of carbonyl (C=O) groups excluding carboxylic acids is 2. The number of benzene rings is 1. The molecule has 3 rings (SSSR count). The second-order valence-electron chi connectivity index (χ2n) is 10.9. The van der Waals surface area contributed by atoms with Crippen LogP contribution in [0.15, 0.2) is 24.3 Å². The lowest BCUT2D eigenvalue weighted by atomic mass is 9.72. The van der Waals surface area contributed by atoms with Gasteiger partial charge in [-0.2, -0.15) is 0 Å². The maximum atomic E-state index is 14.1. The molecule has 0 spiro atoms. The zero-order valence-corrected chi connectivity index (χ0v) is 22.7. The molecule has 37 heavy (non-hydrogen) atoms. The summed E-state index contributed by atoms with van der Waals surface area (Å²) >= 11 is 0. The summed E-state index contributed by atoms with van der Waals surface area (Å²) in [7, 11) is 3.24. The minimum Gasteiger partial charge on any atom is -0.453 e. The molecule has 1 saturated heterocycles. The molecule has 0 radical (unpaired) electrons. The first kappa shape index (κ1) is 29.2. The van der Waals surface area contributed by atoms with E-state index in [1.807, 2.05) is 18.0 Å². The number of amides is 3. The lowest BCUT2D eigenvalue weighted by Crippen LogP contribution is -2.52. The fraction of sp³-hybridized carbons (Fsp3) is 0.714. The minimum atomic E-state index is -0.523. The average Bonchev–Trinajstić information content (AvgIpc) is 2.89. The molecule has 1 aromatic rings. The molecule has 0 unspecified atom stereocenters. The zero-order valence-electron chi connectivity index (χ0n) is 22.7. The summed E-state index contributed by atoms with van der Waals surface area (Å²) in [6.45, 7) is 4.84. The summed E-state index contributed by atoms with van der Waals surface area (Å²) in [5, 5.41) is 9.16. The molecule has 9 heteroatoms. The van der Waals surface area contributed by atoms with E-state index in [-0.39, 0.29) is 48.5 Å². The first-order chi connectivity index (χ1) is 17.8. The standard InChI is InChI=1S/C28H45FN4O4/c1-28(12-5-4-6-13-28)18-24(19-30-2)32-26(34)33-15-8-10-22(20-33)25(21-9-7-11-23(29)17-21)37-16-14-31-27(35)36-3/h7,9,11,17,22,24-25,30H,4-6,8,10,12-16,18-20H2,1-3H3,(H,31,35)(H,32,34)/t22-,24+,25+/m1/s1. The quantitative estimate of drug-likeness (QED) is 0.371. The number of halogens is 1. The average molecular weight is 521 g/mol. The van der Waals surface area contributed by atoms with E-state index in [4.69, 9.17) is 4.74 Å². The lowest BCUT2D eigenvalue weighted by molar-refractivity contribution is -0.00885. The number of hydrogen-bond donors (Lipinski definition) is 3. The predicted molar refractivity (Wildman–Crippen MR) is 142 cm³/mol. The van der Waals surface area contributed by atoms with Crippen LogP contribution < -0.4 is 16.0 Å². The van der Waals surface area contributed by atoms with Gasteiger partial charge in [-0.1, -0.05) is 38.3 Å². The molecular formula is C28H45FN4O4. The number of nitrogens with zero attached hydrogens (tertiary/aromatic N) is 1. The number of nitrogens with one attached hydrogen (secondary N) is 3. The number of likely N-dealkylation sites (tertiary alicyclic amines) is 1. The van der Waals surface area contributed by atoms with Crippen molar-refractivity contribution in [1.29, 1.82) is 0 Å². The summed E-state index contributed by atoms with van der Waals surface area (Å²) < 4.78 is 24.8. The molecule has 3 atom stereocenters. The minimum absolute atomic E-state index is 0.0121. The van der Waals surface area contributed by atoms with Crippen LogP contribution in [0.2, 0.25) is 0 Å². The van der Waals surface area contributed by atoms with Crippen molar-refractivity contribution < 1.29 is 23.5 Å². The Morgan fingerprint density at radius 1 is 1.22 bits per heavy atom. The van der Waals surface area contributed by atoms with Crippen molar-refractivity contribution in [3.8, 4) is 0 Å². The molecule has 2 aliphatic rings. The number of ether oxygens (including phenoxy) is 2. The lowest BCUT2D eigenvalue weighted by Gasteiger charge is -2.39. The highest BCUT2D eigenvalue weighted by Crippen LogP contribution is 2.39. The van der Waals surface area contributed by atoms with Crippen LogP contribution in [0, 0.1) is 17.2 Å². The molecule has 1 saturated carbocycles. The zero-order chi connectivity index (χ0) is 26.7. The molecule has 1 aliphatic heterocycles. The normalized spacial score (nSPS) is 21.1. The van der Waals surface area contributed by atoms with E-state index in [1.54, 1.807) is 6.07 Å². The van der Waals surface area contributed by atoms with Gasteiger partial charge in [0.2, 0.25) is 0 Å². The third-order valence-corrected chi connectivity index (χ3v) is 7.78. The van der Waals surface area contributed by atoms with Gasteiger partial charge in [0.15, 0.2) is 0 Å². The van der Waals surface area contributed by atoms with Gasteiger partial charge in [-0.05, 0) is 62.3 Å². The smallest absolute Gasteiger partial charge is 0.406 e. The highest BCUT2D eigenvalue weighted by Gasteiger charge is 2.34. The molecule has 0 bridgehead atoms. The van der Waals surface area contributed by atoms with Gasteiger partial charge in [-0.15, -0.1) is 0 Å². The highest BCUT2D eigenvalue weighted by molar-refractivity contribution is 5.74. The summed E-state index contributed by atoms with van der Waals surface area (Å²) in [6.07, 6.45) is 8.04. The Hall–Kier alpha value is -2.39. The molecule has 208 valence electrons. The van der Waals surface area contributed by atoms with E-state index in [0.717, 1.165) is 31.4 Å². The Bertz CT molecular complexity index is 864. The first-order valence-corrected chi connectivity index (χ1v) is 13.7.